The first kappa shape index (κ1) is 19.6. The molecule has 0 spiro atoms. The van der Waals surface area contributed by atoms with Crippen LogP contribution in [0.5, 0.6) is 0 Å². The van der Waals surface area contributed by atoms with Crippen molar-refractivity contribution in [2.45, 2.75) is 13.5 Å². The molecule has 0 atom stereocenters. The molecule has 7 heteroatoms. The fourth-order valence-corrected chi connectivity index (χ4v) is 3.08. The van der Waals surface area contributed by atoms with Gasteiger partial charge in [-0.2, -0.15) is 0 Å². The van der Waals surface area contributed by atoms with Crippen molar-refractivity contribution >= 4 is 28.4 Å². The van der Waals surface area contributed by atoms with E-state index in [9.17, 15) is 14.0 Å². The fourth-order valence-electron chi connectivity index (χ4n) is 3.08. The molecule has 0 bridgehead atoms. The van der Waals surface area contributed by atoms with Crippen molar-refractivity contribution in [1.29, 1.82) is 0 Å². The molecule has 1 aromatic heterocycles. The maximum atomic E-state index is 13.8. The van der Waals surface area contributed by atoms with E-state index in [0.717, 1.165) is 10.9 Å². The average molecular weight is 383 g/mol. The standard InChI is InChI=1S/C21H22FN3O3/c1-3-25-18-9-8-15(24-20(26)16-6-4-5-7-17(16)22)12-14(18)13-19(25)21(27)23-10-11-28-2/h4-9,12-13H,3,10-11H2,1-2H3,(H,23,27)(H,24,26). The number of nitrogens with one attached hydrogen (secondary N) is 2. The normalized spacial score (nSPS) is 10.8. The third-order valence-corrected chi connectivity index (χ3v) is 4.42. The molecule has 6 nitrogen and oxygen atoms in total. The molecule has 146 valence electrons. The number of anilines is 1. The highest BCUT2D eigenvalue weighted by molar-refractivity contribution is 6.06. The molecule has 0 aliphatic heterocycles. The van der Waals surface area contributed by atoms with Gasteiger partial charge in [-0.25, -0.2) is 4.39 Å². The summed E-state index contributed by atoms with van der Waals surface area (Å²) in [5.41, 5.74) is 1.92. The van der Waals surface area contributed by atoms with Crippen molar-refractivity contribution in [3.8, 4) is 0 Å². The SMILES string of the molecule is CCn1c(C(=O)NCCOC)cc2cc(NC(=O)c3ccccc3F)ccc21. The lowest BCUT2D eigenvalue weighted by Crippen LogP contribution is -2.28. The molecule has 1 heterocycles. The van der Waals surface area contributed by atoms with Gasteiger partial charge in [0.2, 0.25) is 0 Å². The number of aryl methyl sites for hydroxylation is 1. The topological polar surface area (TPSA) is 72.4 Å². The Hall–Kier alpha value is -3.19. The first-order chi connectivity index (χ1) is 13.5. The molecule has 2 N–H and O–H groups in total. The number of fused-ring (bicyclic) bond motifs is 1. The molecule has 0 radical (unpaired) electrons. The van der Waals surface area contributed by atoms with Gasteiger partial charge in [0.25, 0.3) is 11.8 Å². The van der Waals surface area contributed by atoms with Gasteiger partial charge in [-0.05, 0) is 43.3 Å². The van der Waals surface area contributed by atoms with E-state index in [1.54, 1.807) is 31.4 Å². The molecule has 28 heavy (non-hydrogen) atoms. The fraction of sp³-hybridized carbons (Fsp3) is 0.238. The molecule has 0 saturated carbocycles. The van der Waals surface area contributed by atoms with Crippen LogP contribution in [0.2, 0.25) is 0 Å². The summed E-state index contributed by atoms with van der Waals surface area (Å²) in [5.74, 6) is -1.29. The third kappa shape index (κ3) is 4.04. The number of aromatic nitrogens is 1. The number of hydrogen-bond donors (Lipinski definition) is 2. The number of carbonyl (C=O) groups is 2. The second kappa shape index (κ2) is 8.67. The number of methoxy groups -OCH3 is 1. The van der Waals surface area contributed by atoms with Crippen LogP contribution in [0.4, 0.5) is 10.1 Å². The van der Waals surface area contributed by atoms with Gasteiger partial charge in [-0.3, -0.25) is 9.59 Å². The Morgan fingerprint density at radius 1 is 1.11 bits per heavy atom. The van der Waals surface area contributed by atoms with Crippen LogP contribution in [0.15, 0.2) is 48.5 Å². The molecular formula is C21H22FN3O3. The molecule has 0 saturated heterocycles. The van der Waals surface area contributed by atoms with Crippen LogP contribution in [-0.4, -0.2) is 36.6 Å². The summed E-state index contributed by atoms with van der Waals surface area (Å²) in [6, 6.07) is 12.9. The van der Waals surface area contributed by atoms with E-state index in [-0.39, 0.29) is 11.5 Å². The quantitative estimate of drug-likeness (QED) is 0.614. The van der Waals surface area contributed by atoms with E-state index in [1.807, 2.05) is 17.6 Å². The monoisotopic (exact) mass is 383 g/mol. The van der Waals surface area contributed by atoms with Crippen molar-refractivity contribution in [3.63, 3.8) is 0 Å². The van der Waals surface area contributed by atoms with Gasteiger partial charge in [0.05, 0.1) is 12.2 Å². The van der Waals surface area contributed by atoms with Gasteiger partial charge in [0, 0.05) is 36.8 Å². The van der Waals surface area contributed by atoms with Crippen LogP contribution < -0.4 is 10.6 Å². The minimum absolute atomic E-state index is 0.0214. The van der Waals surface area contributed by atoms with Crippen LogP contribution in [0.25, 0.3) is 10.9 Å². The number of carbonyl (C=O) groups excluding carboxylic acids is 2. The molecule has 0 aliphatic carbocycles. The van der Waals surface area contributed by atoms with E-state index in [0.29, 0.717) is 31.1 Å². The first-order valence-corrected chi connectivity index (χ1v) is 9.01. The molecule has 2 amide bonds. The highest BCUT2D eigenvalue weighted by Gasteiger charge is 2.16. The lowest BCUT2D eigenvalue weighted by atomic mass is 10.2. The second-order valence-corrected chi connectivity index (χ2v) is 6.23. The molecular weight excluding hydrogens is 361 g/mol. The van der Waals surface area contributed by atoms with Crippen LogP contribution in [0.1, 0.15) is 27.8 Å². The lowest BCUT2D eigenvalue weighted by molar-refractivity contribution is 0.0927. The van der Waals surface area contributed by atoms with Crippen molar-refractivity contribution in [1.82, 2.24) is 9.88 Å². The largest absolute Gasteiger partial charge is 0.383 e. The van der Waals surface area contributed by atoms with Gasteiger partial charge in [0.15, 0.2) is 0 Å². The minimum Gasteiger partial charge on any atom is -0.383 e. The number of benzene rings is 2. The number of hydrogen-bond acceptors (Lipinski definition) is 3. The Bertz CT molecular complexity index is 1010. The summed E-state index contributed by atoms with van der Waals surface area (Å²) in [5, 5.41) is 6.33. The molecule has 3 rings (SSSR count). The molecule has 0 fully saturated rings. The molecule has 2 aromatic carbocycles. The van der Waals surface area contributed by atoms with E-state index >= 15 is 0 Å². The summed E-state index contributed by atoms with van der Waals surface area (Å²) < 4.78 is 20.7. The van der Waals surface area contributed by atoms with Crippen LogP contribution >= 0.6 is 0 Å². The lowest BCUT2D eigenvalue weighted by Gasteiger charge is -2.09. The minimum atomic E-state index is -0.576. The highest BCUT2D eigenvalue weighted by Crippen LogP contribution is 2.24. The summed E-state index contributed by atoms with van der Waals surface area (Å²) in [6.07, 6.45) is 0. The maximum Gasteiger partial charge on any atom is 0.268 e. The average Bonchev–Trinajstić information content (AvgIpc) is 3.06. The van der Waals surface area contributed by atoms with Crippen LogP contribution in [0, 0.1) is 5.82 Å². The van der Waals surface area contributed by atoms with Crippen molar-refractivity contribution in [2.75, 3.05) is 25.6 Å². The zero-order valence-corrected chi connectivity index (χ0v) is 15.8. The Morgan fingerprint density at radius 3 is 2.61 bits per heavy atom. The van der Waals surface area contributed by atoms with Crippen molar-refractivity contribution in [2.24, 2.45) is 0 Å². The summed E-state index contributed by atoms with van der Waals surface area (Å²) in [7, 11) is 1.58. The number of nitrogens with zero attached hydrogens (tertiary/aromatic N) is 1. The zero-order valence-electron chi connectivity index (χ0n) is 15.8. The zero-order chi connectivity index (χ0) is 20.1. The van der Waals surface area contributed by atoms with Gasteiger partial charge in [-0.15, -0.1) is 0 Å². The molecule has 3 aromatic rings. The van der Waals surface area contributed by atoms with E-state index < -0.39 is 11.7 Å². The maximum absolute atomic E-state index is 13.8. The van der Waals surface area contributed by atoms with Gasteiger partial charge in [-0.1, -0.05) is 12.1 Å². The highest BCUT2D eigenvalue weighted by atomic mass is 19.1. The number of halogens is 1. The Morgan fingerprint density at radius 2 is 1.89 bits per heavy atom. The second-order valence-electron chi connectivity index (χ2n) is 6.23. The van der Waals surface area contributed by atoms with Crippen LogP contribution in [0.3, 0.4) is 0 Å². The van der Waals surface area contributed by atoms with Gasteiger partial charge in [0.1, 0.15) is 11.5 Å². The Kier molecular flexibility index (Phi) is 6.06. The van der Waals surface area contributed by atoms with Crippen LogP contribution in [-0.2, 0) is 11.3 Å². The number of ether oxygens (including phenoxy) is 1. The summed E-state index contributed by atoms with van der Waals surface area (Å²) >= 11 is 0. The van der Waals surface area contributed by atoms with Crippen molar-refractivity contribution in [3.05, 3.63) is 65.6 Å². The van der Waals surface area contributed by atoms with Gasteiger partial charge < -0.3 is 19.9 Å². The predicted molar refractivity (Wildman–Crippen MR) is 106 cm³/mol. The number of rotatable bonds is 7. The Labute approximate surface area is 162 Å². The summed E-state index contributed by atoms with van der Waals surface area (Å²) in [6.45, 7) is 3.44. The first-order valence-electron chi connectivity index (χ1n) is 9.01. The summed E-state index contributed by atoms with van der Waals surface area (Å²) in [4.78, 5) is 24.8. The number of amides is 2. The van der Waals surface area contributed by atoms with E-state index in [2.05, 4.69) is 10.6 Å². The third-order valence-electron chi connectivity index (χ3n) is 4.42. The van der Waals surface area contributed by atoms with Crippen molar-refractivity contribution < 1.29 is 18.7 Å². The molecule has 0 aliphatic rings. The van der Waals surface area contributed by atoms with E-state index in [4.69, 9.17) is 4.74 Å². The predicted octanol–water partition coefficient (Wildman–Crippen LogP) is 3.43. The molecule has 0 unspecified atom stereocenters. The van der Waals surface area contributed by atoms with Gasteiger partial charge >= 0.3 is 0 Å². The van der Waals surface area contributed by atoms with E-state index in [1.165, 1.54) is 18.2 Å². The smallest absolute Gasteiger partial charge is 0.268 e. The Balaban J connectivity index is 1.86.